The van der Waals surface area contributed by atoms with Gasteiger partial charge in [-0.25, -0.2) is 0 Å². The van der Waals surface area contributed by atoms with E-state index in [9.17, 15) is 0 Å². The zero-order valence-corrected chi connectivity index (χ0v) is 30.3. The third-order valence-corrected chi connectivity index (χ3v) is 13.8. The standard InChI is InChI=1S/C52H41NO/c1-3-11-35(12-4-1)37-19-23-49(44(30-37)36-13-5-2-6-14-36)53(41-21-24-51-46(32-41)43-16-8-10-18-50(43)54-51)40-20-22-48-45(31-40)42-15-7-9-17-47(42)52(48)38-26-33-25-34(28-38)29-39(52)27-33/h1-24,30-34,38-39H,25-29H2. The Labute approximate surface area is 316 Å². The largest absolute Gasteiger partial charge is 0.456 e. The van der Waals surface area contributed by atoms with Gasteiger partial charge in [0.1, 0.15) is 11.2 Å². The van der Waals surface area contributed by atoms with Crippen molar-refractivity contribution < 1.29 is 4.42 Å². The summed E-state index contributed by atoms with van der Waals surface area (Å²) in [5, 5.41) is 2.28. The van der Waals surface area contributed by atoms with Crippen molar-refractivity contribution in [1.29, 1.82) is 0 Å². The maximum atomic E-state index is 6.35. The molecule has 2 nitrogen and oxygen atoms in total. The Morgan fingerprint density at radius 3 is 1.85 bits per heavy atom. The zero-order chi connectivity index (χ0) is 35.4. The molecule has 5 aliphatic rings. The Kier molecular flexibility index (Phi) is 6.55. The van der Waals surface area contributed by atoms with Gasteiger partial charge < -0.3 is 9.32 Å². The van der Waals surface area contributed by atoms with Crippen LogP contribution in [0.2, 0.25) is 0 Å². The van der Waals surface area contributed by atoms with Gasteiger partial charge in [0.05, 0.1) is 5.69 Å². The first kappa shape index (κ1) is 30.6. The maximum Gasteiger partial charge on any atom is 0.135 e. The van der Waals surface area contributed by atoms with E-state index in [1.165, 1.54) is 71.2 Å². The monoisotopic (exact) mass is 695 g/mol. The van der Waals surface area contributed by atoms with Crippen LogP contribution >= 0.6 is 0 Å². The van der Waals surface area contributed by atoms with Gasteiger partial charge in [-0.05, 0) is 143 Å². The molecule has 0 unspecified atom stereocenters. The minimum Gasteiger partial charge on any atom is -0.456 e. The van der Waals surface area contributed by atoms with Gasteiger partial charge in [-0.15, -0.1) is 0 Å². The fourth-order valence-electron chi connectivity index (χ4n) is 12.0. The molecule has 4 bridgehead atoms. The third kappa shape index (κ3) is 4.34. The molecule has 0 radical (unpaired) electrons. The Morgan fingerprint density at radius 2 is 1.06 bits per heavy atom. The molecule has 7 aromatic carbocycles. The first-order chi connectivity index (χ1) is 26.7. The molecular weight excluding hydrogens is 655 g/mol. The summed E-state index contributed by atoms with van der Waals surface area (Å²) in [5.41, 5.74) is 16.3. The van der Waals surface area contributed by atoms with Crippen molar-refractivity contribution in [3.05, 3.63) is 175 Å². The highest BCUT2D eigenvalue weighted by Crippen LogP contribution is 2.69. The predicted molar refractivity (Wildman–Crippen MR) is 223 cm³/mol. The first-order valence-electron chi connectivity index (χ1n) is 19.9. The second kappa shape index (κ2) is 11.6. The van der Waals surface area contributed by atoms with Gasteiger partial charge in [0, 0.05) is 33.1 Å². The predicted octanol–water partition coefficient (Wildman–Crippen LogP) is 14.1. The number of rotatable bonds is 5. The van der Waals surface area contributed by atoms with Crippen molar-refractivity contribution in [2.24, 2.45) is 23.7 Å². The van der Waals surface area contributed by atoms with E-state index in [-0.39, 0.29) is 5.41 Å². The van der Waals surface area contributed by atoms with E-state index in [1.54, 1.807) is 11.1 Å². The smallest absolute Gasteiger partial charge is 0.135 e. The lowest BCUT2D eigenvalue weighted by molar-refractivity contribution is -0.0399. The molecule has 5 aliphatic carbocycles. The molecule has 8 aromatic rings. The van der Waals surface area contributed by atoms with Gasteiger partial charge in [0.2, 0.25) is 0 Å². The van der Waals surface area contributed by atoms with Crippen molar-refractivity contribution in [1.82, 2.24) is 0 Å². The van der Waals surface area contributed by atoms with Crippen molar-refractivity contribution in [2.75, 3.05) is 4.90 Å². The van der Waals surface area contributed by atoms with Crippen LogP contribution in [0.15, 0.2) is 168 Å². The molecule has 1 heterocycles. The highest BCUT2D eigenvalue weighted by atomic mass is 16.3. The molecule has 1 spiro atoms. The van der Waals surface area contributed by atoms with Crippen molar-refractivity contribution >= 4 is 39.0 Å². The third-order valence-electron chi connectivity index (χ3n) is 13.8. The SMILES string of the molecule is c1ccc(-c2ccc(N(c3ccc4c(c3)-c3ccccc3C43C4CC5CC(C4)CC3C5)c3ccc4oc5ccccc5c4c3)c(-c3ccccc3)c2)cc1. The molecular formula is C52H41NO. The van der Waals surface area contributed by atoms with Crippen LogP contribution in [0, 0.1) is 23.7 Å². The van der Waals surface area contributed by atoms with Gasteiger partial charge in [-0.3, -0.25) is 0 Å². The minimum atomic E-state index is 0.143. The number of para-hydroxylation sites is 1. The molecule has 2 heteroatoms. The van der Waals surface area contributed by atoms with E-state index in [0.717, 1.165) is 57.0 Å². The molecule has 54 heavy (non-hydrogen) atoms. The number of anilines is 3. The fraction of sp³-hybridized carbons (Fsp3) is 0.192. The molecule has 0 saturated heterocycles. The van der Waals surface area contributed by atoms with Crippen LogP contribution in [0.25, 0.3) is 55.3 Å². The summed E-state index contributed by atoms with van der Waals surface area (Å²) in [4.78, 5) is 2.50. The molecule has 4 fully saturated rings. The highest BCUT2D eigenvalue weighted by molar-refractivity contribution is 6.07. The number of hydrogen-bond donors (Lipinski definition) is 0. The zero-order valence-electron chi connectivity index (χ0n) is 30.3. The molecule has 0 N–H and O–H groups in total. The summed E-state index contributed by atoms with van der Waals surface area (Å²) in [6.07, 6.45) is 7.03. The first-order valence-corrected chi connectivity index (χ1v) is 19.9. The van der Waals surface area contributed by atoms with E-state index in [1.807, 2.05) is 0 Å². The van der Waals surface area contributed by atoms with Crippen molar-refractivity contribution in [2.45, 2.75) is 37.5 Å². The van der Waals surface area contributed by atoms with E-state index >= 15 is 0 Å². The Bertz CT molecular complexity index is 2710. The van der Waals surface area contributed by atoms with Gasteiger partial charge in [-0.2, -0.15) is 0 Å². The molecule has 260 valence electrons. The second-order valence-electron chi connectivity index (χ2n) is 16.5. The lowest BCUT2D eigenvalue weighted by Crippen LogP contribution is -2.55. The Balaban J connectivity index is 1.10. The van der Waals surface area contributed by atoms with Crippen molar-refractivity contribution in [3.63, 3.8) is 0 Å². The number of nitrogens with zero attached hydrogens (tertiary/aromatic N) is 1. The van der Waals surface area contributed by atoms with Crippen LogP contribution in [0.3, 0.4) is 0 Å². The van der Waals surface area contributed by atoms with Crippen LogP contribution in [0.1, 0.15) is 43.2 Å². The van der Waals surface area contributed by atoms with Crippen molar-refractivity contribution in [3.8, 4) is 33.4 Å². The molecule has 13 rings (SSSR count). The van der Waals surface area contributed by atoms with Gasteiger partial charge in [-0.1, -0.05) is 115 Å². The number of hydrogen-bond acceptors (Lipinski definition) is 2. The Morgan fingerprint density at radius 1 is 0.426 bits per heavy atom. The summed E-state index contributed by atoms with van der Waals surface area (Å²) in [6.45, 7) is 0. The molecule has 4 saturated carbocycles. The van der Waals surface area contributed by atoms with E-state index in [4.69, 9.17) is 4.42 Å². The average Bonchev–Trinajstić information content (AvgIpc) is 3.74. The number of fused-ring (bicyclic) bond motifs is 6. The fourth-order valence-corrected chi connectivity index (χ4v) is 12.0. The van der Waals surface area contributed by atoms with E-state index < -0.39 is 0 Å². The second-order valence-corrected chi connectivity index (χ2v) is 16.5. The van der Waals surface area contributed by atoms with E-state index in [0.29, 0.717) is 0 Å². The summed E-state index contributed by atoms with van der Waals surface area (Å²) in [5.74, 6) is 3.33. The lowest BCUT2D eigenvalue weighted by Gasteiger charge is -2.61. The quantitative estimate of drug-likeness (QED) is 0.178. The summed E-state index contributed by atoms with van der Waals surface area (Å²) in [7, 11) is 0. The molecule has 0 atom stereocenters. The maximum absolute atomic E-state index is 6.35. The summed E-state index contributed by atoms with van der Waals surface area (Å²) < 4.78 is 6.35. The topological polar surface area (TPSA) is 16.4 Å². The highest BCUT2D eigenvalue weighted by Gasteiger charge is 2.61. The van der Waals surface area contributed by atoms with Crippen LogP contribution in [-0.4, -0.2) is 0 Å². The molecule has 0 amide bonds. The Hall–Kier alpha value is -5.86. The lowest BCUT2D eigenvalue weighted by atomic mass is 9.43. The van der Waals surface area contributed by atoms with Crippen LogP contribution in [0.4, 0.5) is 17.1 Å². The van der Waals surface area contributed by atoms with E-state index in [2.05, 4.69) is 169 Å². The van der Waals surface area contributed by atoms with Crippen LogP contribution in [0.5, 0.6) is 0 Å². The number of furan rings is 1. The average molecular weight is 696 g/mol. The van der Waals surface area contributed by atoms with Gasteiger partial charge in [0.15, 0.2) is 0 Å². The summed E-state index contributed by atoms with van der Waals surface area (Å²) in [6, 6.07) is 60.8. The van der Waals surface area contributed by atoms with Crippen LogP contribution < -0.4 is 4.90 Å². The van der Waals surface area contributed by atoms with Crippen LogP contribution in [-0.2, 0) is 5.41 Å². The summed E-state index contributed by atoms with van der Waals surface area (Å²) >= 11 is 0. The molecule has 1 aromatic heterocycles. The molecule has 0 aliphatic heterocycles. The normalized spacial score (nSPS) is 23.3. The van der Waals surface area contributed by atoms with Gasteiger partial charge in [0.25, 0.3) is 0 Å². The number of benzene rings is 7. The minimum absolute atomic E-state index is 0.143. The van der Waals surface area contributed by atoms with Gasteiger partial charge >= 0.3 is 0 Å².